The molecule has 0 saturated carbocycles. The summed E-state index contributed by atoms with van der Waals surface area (Å²) >= 11 is 0. The maximum atomic E-state index is 12.8. The Balaban J connectivity index is 1.79. The molecular formula is C19H25N3O3. The molecular weight excluding hydrogens is 318 g/mol. The molecule has 1 saturated heterocycles. The number of methoxy groups -OCH3 is 1. The molecule has 0 radical (unpaired) electrons. The van der Waals surface area contributed by atoms with E-state index in [9.17, 15) is 9.90 Å². The molecule has 134 valence electrons. The van der Waals surface area contributed by atoms with Crippen molar-refractivity contribution in [3.8, 4) is 5.75 Å². The smallest absolute Gasteiger partial charge is 0.228 e. The number of amides is 1. The number of hydrogen-bond donors (Lipinski definition) is 1. The van der Waals surface area contributed by atoms with Gasteiger partial charge in [-0.2, -0.15) is 5.10 Å². The molecule has 1 aromatic carbocycles. The second-order valence-corrected chi connectivity index (χ2v) is 6.74. The van der Waals surface area contributed by atoms with E-state index in [-0.39, 0.29) is 11.9 Å². The lowest BCUT2D eigenvalue weighted by Gasteiger charge is -2.37. The van der Waals surface area contributed by atoms with Gasteiger partial charge in [0.05, 0.1) is 19.6 Å². The van der Waals surface area contributed by atoms with E-state index in [0.29, 0.717) is 13.0 Å². The first-order chi connectivity index (χ1) is 11.9. The summed E-state index contributed by atoms with van der Waals surface area (Å²) in [5.74, 6) is 0.773. The summed E-state index contributed by atoms with van der Waals surface area (Å²) in [6.45, 7) is 2.46. The summed E-state index contributed by atoms with van der Waals surface area (Å²) in [7, 11) is 3.44. The molecule has 2 atom stereocenters. The molecule has 0 spiro atoms. The minimum absolute atomic E-state index is 0.0277. The average molecular weight is 343 g/mol. The van der Waals surface area contributed by atoms with Crippen LogP contribution in [-0.4, -0.2) is 45.4 Å². The number of ether oxygens (including phenoxy) is 1. The lowest BCUT2D eigenvalue weighted by atomic mass is 9.86. The Morgan fingerprint density at radius 2 is 2.08 bits per heavy atom. The standard InChI is InChI=1S/C19H25N3O3/c1-19(24,14-6-8-16(25-3)9-7-14)17-5-4-12-22(17)18(23)13-15-10-11-20-21(15)2/h6-11,17,24H,4-5,12-13H2,1-3H3/t17-,19-/m1/s1. The van der Waals surface area contributed by atoms with Gasteiger partial charge in [0.2, 0.25) is 5.91 Å². The number of aliphatic hydroxyl groups is 1. The van der Waals surface area contributed by atoms with Gasteiger partial charge < -0.3 is 14.7 Å². The molecule has 1 amide bonds. The summed E-state index contributed by atoms with van der Waals surface area (Å²) in [5.41, 5.74) is 0.559. The van der Waals surface area contributed by atoms with Gasteiger partial charge in [-0.1, -0.05) is 12.1 Å². The third-order valence-corrected chi connectivity index (χ3v) is 5.15. The Morgan fingerprint density at radius 1 is 1.36 bits per heavy atom. The van der Waals surface area contributed by atoms with Crippen molar-refractivity contribution in [3.63, 3.8) is 0 Å². The molecule has 1 aromatic heterocycles. The molecule has 0 aliphatic carbocycles. The molecule has 25 heavy (non-hydrogen) atoms. The van der Waals surface area contributed by atoms with Crippen LogP contribution in [0.1, 0.15) is 31.0 Å². The molecule has 6 nitrogen and oxygen atoms in total. The Labute approximate surface area is 148 Å². The number of carbonyl (C=O) groups excluding carboxylic acids is 1. The van der Waals surface area contributed by atoms with Crippen molar-refractivity contribution in [2.24, 2.45) is 7.05 Å². The second kappa shape index (κ2) is 6.88. The minimum atomic E-state index is -1.11. The van der Waals surface area contributed by atoms with Crippen LogP contribution in [0.4, 0.5) is 0 Å². The summed E-state index contributed by atoms with van der Waals surface area (Å²) in [6, 6.07) is 9.01. The second-order valence-electron chi connectivity index (χ2n) is 6.74. The average Bonchev–Trinajstić information content (AvgIpc) is 3.25. The van der Waals surface area contributed by atoms with Crippen LogP contribution in [0.2, 0.25) is 0 Å². The maximum absolute atomic E-state index is 12.8. The predicted molar refractivity (Wildman–Crippen MR) is 94.2 cm³/mol. The van der Waals surface area contributed by atoms with Crippen LogP contribution in [-0.2, 0) is 23.9 Å². The molecule has 0 bridgehead atoms. The molecule has 0 unspecified atom stereocenters. The first-order valence-corrected chi connectivity index (χ1v) is 8.56. The van der Waals surface area contributed by atoms with Crippen molar-refractivity contribution in [3.05, 3.63) is 47.8 Å². The first-order valence-electron chi connectivity index (χ1n) is 8.56. The van der Waals surface area contributed by atoms with Crippen LogP contribution < -0.4 is 4.74 Å². The third-order valence-electron chi connectivity index (χ3n) is 5.15. The fourth-order valence-electron chi connectivity index (χ4n) is 3.60. The Hall–Kier alpha value is -2.34. The molecule has 1 fully saturated rings. The highest BCUT2D eigenvalue weighted by atomic mass is 16.5. The fraction of sp³-hybridized carbons (Fsp3) is 0.474. The highest BCUT2D eigenvalue weighted by Gasteiger charge is 2.42. The number of likely N-dealkylation sites (tertiary alicyclic amines) is 1. The van der Waals surface area contributed by atoms with Crippen LogP contribution >= 0.6 is 0 Å². The van der Waals surface area contributed by atoms with Crippen molar-refractivity contribution in [2.45, 2.75) is 37.8 Å². The molecule has 3 rings (SSSR count). The minimum Gasteiger partial charge on any atom is -0.497 e. The maximum Gasteiger partial charge on any atom is 0.228 e. The quantitative estimate of drug-likeness (QED) is 0.900. The van der Waals surface area contributed by atoms with Crippen molar-refractivity contribution >= 4 is 5.91 Å². The van der Waals surface area contributed by atoms with E-state index in [1.54, 1.807) is 24.9 Å². The van der Waals surface area contributed by atoms with Gasteiger partial charge >= 0.3 is 0 Å². The monoisotopic (exact) mass is 343 g/mol. The molecule has 2 aromatic rings. The predicted octanol–water partition coefficient (Wildman–Crippen LogP) is 1.87. The Morgan fingerprint density at radius 3 is 2.68 bits per heavy atom. The zero-order valence-corrected chi connectivity index (χ0v) is 15.0. The van der Waals surface area contributed by atoms with E-state index in [1.165, 1.54) is 0 Å². The molecule has 1 N–H and O–H groups in total. The van der Waals surface area contributed by atoms with Gasteiger partial charge in [-0.25, -0.2) is 0 Å². The molecule has 1 aliphatic rings. The largest absolute Gasteiger partial charge is 0.497 e. The van der Waals surface area contributed by atoms with E-state index in [1.807, 2.05) is 42.3 Å². The summed E-state index contributed by atoms with van der Waals surface area (Å²) in [6.07, 6.45) is 3.67. The number of hydrogen-bond acceptors (Lipinski definition) is 4. The number of carbonyl (C=O) groups is 1. The SMILES string of the molecule is COc1ccc([C@@](C)(O)[C@H]2CCCN2C(=O)Cc2ccnn2C)cc1. The van der Waals surface area contributed by atoms with Crippen molar-refractivity contribution in [2.75, 3.05) is 13.7 Å². The highest BCUT2D eigenvalue weighted by molar-refractivity contribution is 5.79. The van der Waals surface area contributed by atoms with Gasteiger partial charge in [0, 0.05) is 25.5 Å². The van der Waals surface area contributed by atoms with Crippen LogP contribution in [0.3, 0.4) is 0 Å². The van der Waals surface area contributed by atoms with Crippen molar-refractivity contribution < 1.29 is 14.6 Å². The van der Waals surface area contributed by atoms with E-state index in [4.69, 9.17) is 4.74 Å². The van der Waals surface area contributed by atoms with E-state index >= 15 is 0 Å². The Kier molecular flexibility index (Phi) is 4.81. The molecule has 1 aliphatic heterocycles. The van der Waals surface area contributed by atoms with Crippen LogP contribution in [0.15, 0.2) is 36.5 Å². The normalized spacial score (nSPS) is 19.7. The molecule has 6 heteroatoms. The lowest BCUT2D eigenvalue weighted by Crippen LogP contribution is -2.48. The number of benzene rings is 1. The van der Waals surface area contributed by atoms with Crippen LogP contribution in [0, 0.1) is 0 Å². The Bertz CT molecular complexity index is 737. The van der Waals surface area contributed by atoms with Gasteiger partial charge in [0.1, 0.15) is 11.4 Å². The van der Waals surface area contributed by atoms with E-state index in [0.717, 1.165) is 29.8 Å². The fourth-order valence-corrected chi connectivity index (χ4v) is 3.60. The summed E-state index contributed by atoms with van der Waals surface area (Å²) in [5, 5.41) is 15.3. The van der Waals surface area contributed by atoms with Crippen LogP contribution in [0.25, 0.3) is 0 Å². The number of aryl methyl sites for hydroxylation is 1. The zero-order chi connectivity index (χ0) is 18.0. The van der Waals surface area contributed by atoms with Gasteiger partial charge in [0.25, 0.3) is 0 Å². The van der Waals surface area contributed by atoms with Gasteiger partial charge in [-0.3, -0.25) is 9.48 Å². The van der Waals surface area contributed by atoms with Gasteiger partial charge in [-0.15, -0.1) is 0 Å². The lowest BCUT2D eigenvalue weighted by molar-refractivity contribution is -0.137. The van der Waals surface area contributed by atoms with Crippen molar-refractivity contribution in [1.29, 1.82) is 0 Å². The third kappa shape index (κ3) is 3.39. The van der Waals surface area contributed by atoms with E-state index < -0.39 is 5.60 Å². The first kappa shape index (κ1) is 17.5. The van der Waals surface area contributed by atoms with E-state index in [2.05, 4.69) is 5.10 Å². The summed E-state index contributed by atoms with van der Waals surface area (Å²) < 4.78 is 6.90. The summed E-state index contributed by atoms with van der Waals surface area (Å²) in [4.78, 5) is 14.6. The zero-order valence-electron chi connectivity index (χ0n) is 15.0. The number of nitrogens with zero attached hydrogens (tertiary/aromatic N) is 3. The van der Waals surface area contributed by atoms with Gasteiger partial charge in [0.15, 0.2) is 0 Å². The highest BCUT2D eigenvalue weighted by Crippen LogP contribution is 2.35. The topological polar surface area (TPSA) is 67.6 Å². The van der Waals surface area contributed by atoms with Crippen molar-refractivity contribution in [1.82, 2.24) is 14.7 Å². The van der Waals surface area contributed by atoms with Gasteiger partial charge in [-0.05, 0) is 43.5 Å². The molecule has 2 heterocycles. The number of rotatable bonds is 5. The van der Waals surface area contributed by atoms with Crippen LogP contribution in [0.5, 0.6) is 5.75 Å². The number of aromatic nitrogens is 2.